The Labute approximate surface area is 119 Å². The van der Waals surface area contributed by atoms with Crippen molar-refractivity contribution in [1.29, 1.82) is 0 Å². The Hall–Kier alpha value is -1.75. The normalized spacial score (nSPS) is 13.1. The molecule has 1 atom stereocenters. The van der Waals surface area contributed by atoms with Gasteiger partial charge in [0.05, 0.1) is 5.56 Å². The summed E-state index contributed by atoms with van der Waals surface area (Å²) in [5.41, 5.74) is 0.0835. The summed E-state index contributed by atoms with van der Waals surface area (Å²) in [5.74, 6) is 0. The average molecular weight is 301 g/mol. The Morgan fingerprint density at radius 3 is 2.40 bits per heavy atom. The monoisotopic (exact) mass is 300 g/mol. The maximum absolute atomic E-state index is 13.0. The molecule has 2 rings (SSSR count). The summed E-state index contributed by atoms with van der Waals surface area (Å²) in [6.07, 6.45) is -1.26. The van der Waals surface area contributed by atoms with Crippen LogP contribution in [0.15, 0.2) is 42.7 Å². The van der Waals surface area contributed by atoms with Gasteiger partial charge >= 0.3 is 6.18 Å². The molecule has 0 amide bonds. The molecular weight excluding hydrogens is 289 g/mol. The van der Waals surface area contributed by atoms with Crippen molar-refractivity contribution in [3.05, 3.63) is 58.9 Å². The van der Waals surface area contributed by atoms with Gasteiger partial charge in [-0.15, -0.1) is 0 Å². The molecule has 1 aromatic heterocycles. The third-order valence-electron chi connectivity index (χ3n) is 2.87. The molecule has 1 unspecified atom stereocenters. The van der Waals surface area contributed by atoms with Crippen molar-refractivity contribution < 1.29 is 13.2 Å². The van der Waals surface area contributed by atoms with E-state index in [4.69, 9.17) is 11.6 Å². The molecule has 0 saturated heterocycles. The molecule has 6 heteroatoms. The number of pyridine rings is 1. The number of rotatable bonds is 3. The second-order valence-electron chi connectivity index (χ2n) is 4.33. The molecule has 20 heavy (non-hydrogen) atoms. The van der Waals surface area contributed by atoms with E-state index in [1.54, 1.807) is 31.5 Å². The molecule has 0 aliphatic rings. The summed E-state index contributed by atoms with van der Waals surface area (Å²) in [6, 6.07) is 6.91. The van der Waals surface area contributed by atoms with Crippen LogP contribution in [0.1, 0.15) is 24.1 Å². The molecule has 0 saturated carbocycles. The molecule has 2 aromatic rings. The minimum Gasteiger partial charge on any atom is -0.378 e. The fourth-order valence-electron chi connectivity index (χ4n) is 1.85. The van der Waals surface area contributed by atoms with Crippen LogP contribution in [0, 0.1) is 0 Å². The minimum absolute atomic E-state index is 0.00575. The molecular formula is C14H12ClF3N2. The van der Waals surface area contributed by atoms with Crippen LogP contribution in [0.2, 0.25) is 5.02 Å². The Morgan fingerprint density at radius 2 is 1.80 bits per heavy atom. The van der Waals surface area contributed by atoms with Gasteiger partial charge in [0.1, 0.15) is 0 Å². The first-order chi connectivity index (χ1) is 9.38. The number of anilines is 1. The van der Waals surface area contributed by atoms with Crippen LogP contribution in [-0.2, 0) is 6.18 Å². The minimum atomic E-state index is -4.45. The fraction of sp³-hybridized carbons (Fsp3) is 0.214. The summed E-state index contributed by atoms with van der Waals surface area (Å²) in [4.78, 5) is 3.88. The quantitative estimate of drug-likeness (QED) is 0.869. The van der Waals surface area contributed by atoms with Crippen molar-refractivity contribution in [1.82, 2.24) is 4.98 Å². The maximum Gasteiger partial charge on any atom is 0.418 e. The van der Waals surface area contributed by atoms with Crippen molar-refractivity contribution in [2.45, 2.75) is 19.1 Å². The second kappa shape index (κ2) is 5.71. The maximum atomic E-state index is 13.0. The summed E-state index contributed by atoms with van der Waals surface area (Å²) >= 11 is 5.64. The topological polar surface area (TPSA) is 24.9 Å². The van der Waals surface area contributed by atoms with E-state index in [0.29, 0.717) is 0 Å². The lowest BCUT2D eigenvalue weighted by molar-refractivity contribution is -0.137. The van der Waals surface area contributed by atoms with Crippen molar-refractivity contribution in [2.24, 2.45) is 0 Å². The molecule has 1 N–H and O–H groups in total. The van der Waals surface area contributed by atoms with E-state index in [2.05, 4.69) is 10.3 Å². The number of halogens is 4. The van der Waals surface area contributed by atoms with Crippen LogP contribution in [-0.4, -0.2) is 4.98 Å². The smallest absolute Gasteiger partial charge is 0.378 e. The molecule has 1 aromatic carbocycles. The highest BCUT2D eigenvalue weighted by Crippen LogP contribution is 2.37. The predicted octanol–water partition coefficient (Wildman–Crippen LogP) is 4.93. The Balaban J connectivity index is 2.30. The van der Waals surface area contributed by atoms with Gasteiger partial charge in [0.25, 0.3) is 0 Å². The molecule has 0 aliphatic carbocycles. The number of benzene rings is 1. The zero-order valence-corrected chi connectivity index (χ0v) is 11.3. The Bertz CT molecular complexity index is 585. The zero-order chi connectivity index (χ0) is 14.8. The molecule has 0 radical (unpaired) electrons. The molecule has 0 aliphatic heterocycles. The largest absolute Gasteiger partial charge is 0.418 e. The van der Waals surface area contributed by atoms with E-state index < -0.39 is 11.7 Å². The summed E-state index contributed by atoms with van der Waals surface area (Å²) < 4.78 is 38.9. The zero-order valence-electron chi connectivity index (χ0n) is 10.6. The Kier molecular flexibility index (Phi) is 4.18. The van der Waals surface area contributed by atoms with Gasteiger partial charge in [0.2, 0.25) is 0 Å². The van der Waals surface area contributed by atoms with E-state index in [9.17, 15) is 13.2 Å². The molecule has 1 heterocycles. The van der Waals surface area contributed by atoms with Crippen LogP contribution in [0.3, 0.4) is 0 Å². The van der Waals surface area contributed by atoms with Crippen molar-refractivity contribution in [2.75, 3.05) is 5.32 Å². The number of alkyl halides is 3. The van der Waals surface area contributed by atoms with Crippen molar-refractivity contribution in [3.8, 4) is 0 Å². The van der Waals surface area contributed by atoms with Gasteiger partial charge in [0.15, 0.2) is 0 Å². The van der Waals surface area contributed by atoms with E-state index in [1.807, 2.05) is 0 Å². The number of aromatic nitrogens is 1. The summed E-state index contributed by atoms with van der Waals surface area (Å²) in [7, 11) is 0. The van der Waals surface area contributed by atoms with E-state index >= 15 is 0 Å². The highest BCUT2D eigenvalue weighted by Gasteiger charge is 2.34. The molecule has 0 fully saturated rings. The lowest BCUT2D eigenvalue weighted by Gasteiger charge is -2.19. The number of nitrogens with one attached hydrogen (secondary N) is 1. The van der Waals surface area contributed by atoms with Crippen LogP contribution >= 0.6 is 11.6 Å². The van der Waals surface area contributed by atoms with Gasteiger partial charge in [-0.2, -0.15) is 13.2 Å². The third kappa shape index (κ3) is 3.42. The molecule has 0 bridgehead atoms. The van der Waals surface area contributed by atoms with Gasteiger partial charge in [-0.1, -0.05) is 11.6 Å². The predicted molar refractivity (Wildman–Crippen MR) is 72.7 cm³/mol. The summed E-state index contributed by atoms with van der Waals surface area (Å²) in [6.45, 7) is 1.78. The highest BCUT2D eigenvalue weighted by atomic mass is 35.5. The summed E-state index contributed by atoms with van der Waals surface area (Å²) in [5, 5.41) is 2.91. The van der Waals surface area contributed by atoms with E-state index in [0.717, 1.165) is 11.6 Å². The van der Waals surface area contributed by atoms with Gasteiger partial charge in [-0.3, -0.25) is 4.98 Å². The van der Waals surface area contributed by atoms with Crippen molar-refractivity contribution >= 4 is 17.3 Å². The average Bonchev–Trinajstić information content (AvgIpc) is 2.40. The van der Waals surface area contributed by atoms with Gasteiger partial charge in [0, 0.05) is 29.1 Å². The second-order valence-corrected chi connectivity index (χ2v) is 4.77. The molecule has 0 spiro atoms. The molecule has 106 valence electrons. The number of hydrogen-bond acceptors (Lipinski definition) is 2. The molecule has 2 nitrogen and oxygen atoms in total. The van der Waals surface area contributed by atoms with Crippen molar-refractivity contribution in [3.63, 3.8) is 0 Å². The Morgan fingerprint density at radius 1 is 1.15 bits per heavy atom. The fourth-order valence-corrected chi connectivity index (χ4v) is 2.02. The first kappa shape index (κ1) is 14.7. The van der Waals surface area contributed by atoms with Crippen LogP contribution < -0.4 is 5.32 Å². The number of hydrogen-bond donors (Lipinski definition) is 1. The number of nitrogens with zero attached hydrogens (tertiary/aromatic N) is 1. The van der Waals surface area contributed by atoms with Gasteiger partial charge in [-0.05, 0) is 42.8 Å². The standard InChI is InChI=1S/C14H12ClF3N2/c1-9(10-4-6-19-7-5-10)20-13-3-2-11(15)8-12(13)14(16,17)18/h2-9,20H,1H3. The van der Waals surface area contributed by atoms with Gasteiger partial charge < -0.3 is 5.32 Å². The van der Waals surface area contributed by atoms with Crippen LogP contribution in [0.5, 0.6) is 0 Å². The lowest BCUT2D eigenvalue weighted by Crippen LogP contribution is -2.13. The van der Waals surface area contributed by atoms with Crippen LogP contribution in [0.25, 0.3) is 0 Å². The highest BCUT2D eigenvalue weighted by molar-refractivity contribution is 6.30. The lowest BCUT2D eigenvalue weighted by atomic mass is 10.1. The third-order valence-corrected chi connectivity index (χ3v) is 3.10. The van der Waals surface area contributed by atoms with Gasteiger partial charge in [-0.25, -0.2) is 0 Å². The first-order valence-electron chi connectivity index (χ1n) is 5.91. The van der Waals surface area contributed by atoms with E-state index in [1.165, 1.54) is 12.1 Å². The SMILES string of the molecule is CC(Nc1ccc(Cl)cc1C(F)(F)F)c1ccncc1. The first-order valence-corrected chi connectivity index (χ1v) is 6.29. The van der Waals surface area contributed by atoms with E-state index in [-0.39, 0.29) is 16.8 Å². The van der Waals surface area contributed by atoms with Crippen LogP contribution in [0.4, 0.5) is 18.9 Å².